The third-order valence-electron chi connectivity index (χ3n) is 4.05. The number of nitrogens with one attached hydrogen (secondary N) is 3. The maximum Gasteiger partial charge on any atom is 0.261 e. The first-order valence-corrected chi connectivity index (χ1v) is 7.81. The van der Waals surface area contributed by atoms with E-state index in [1.165, 1.54) is 30.0 Å². The Balaban J connectivity index is 1.61. The van der Waals surface area contributed by atoms with Crippen molar-refractivity contribution in [1.29, 1.82) is 0 Å². The second-order valence-corrected chi connectivity index (χ2v) is 5.61. The summed E-state index contributed by atoms with van der Waals surface area (Å²) in [5.74, 6) is -0.367. The van der Waals surface area contributed by atoms with Crippen LogP contribution in [0.1, 0.15) is 22.0 Å². The Kier molecular flexibility index (Phi) is 3.98. The molecule has 3 N–H and O–H groups in total. The van der Waals surface area contributed by atoms with E-state index in [0.29, 0.717) is 28.2 Å². The van der Waals surface area contributed by atoms with Crippen LogP contribution in [-0.4, -0.2) is 27.6 Å². The van der Waals surface area contributed by atoms with Crippen LogP contribution in [0.5, 0.6) is 5.75 Å². The molecule has 0 spiro atoms. The van der Waals surface area contributed by atoms with Crippen LogP contribution in [0.4, 0.5) is 4.39 Å². The standard InChI is InChI=1S/C17H15FN6O2/c1-26-14-7-10(18)3-4-11(14)15-13(9-20-23-15)22-17(25)12-8-21-24-6-2-5-19-16(12)24/h2-9,15,20,23H,1H3,(H,22,25). The number of aromatic nitrogens is 3. The molecular formula is C17H15FN6O2. The molecule has 0 aliphatic carbocycles. The van der Waals surface area contributed by atoms with Gasteiger partial charge in [0.05, 0.1) is 25.0 Å². The van der Waals surface area contributed by atoms with E-state index in [-0.39, 0.29) is 5.91 Å². The SMILES string of the molecule is COc1cc(F)ccc1C1NNC=C1NC(=O)c1cnn2cccnc12. The molecule has 3 aromatic rings. The van der Waals surface area contributed by atoms with Crippen molar-refractivity contribution < 1.29 is 13.9 Å². The largest absolute Gasteiger partial charge is 0.496 e. The van der Waals surface area contributed by atoms with Gasteiger partial charge < -0.3 is 15.5 Å². The molecule has 0 bridgehead atoms. The average Bonchev–Trinajstić information content (AvgIpc) is 3.28. The van der Waals surface area contributed by atoms with Crippen LogP contribution in [0.15, 0.2) is 54.8 Å². The van der Waals surface area contributed by atoms with E-state index in [2.05, 4.69) is 26.3 Å². The number of hydrogen-bond acceptors (Lipinski definition) is 6. The molecule has 0 saturated heterocycles. The number of amides is 1. The Morgan fingerprint density at radius 1 is 1.42 bits per heavy atom. The molecule has 8 nitrogen and oxygen atoms in total. The quantitative estimate of drug-likeness (QED) is 0.654. The summed E-state index contributed by atoms with van der Waals surface area (Å²) in [5.41, 5.74) is 7.93. The van der Waals surface area contributed by atoms with Crippen LogP contribution in [-0.2, 0) is 0 Å². The second kappa shape index (κ2) is 6.45. The number of hydrazine groups is 1. The zero-order valence-electron chi connectivity index (χ0n) is 13.7. The summed E-state index contributed by atoms with van der Waals surface area (Å²) in [5, 5.41) is 6.95. The highest BCUT2D eigenvalue weighted by Crippen LogP contribution is 2.31. The number of fused-ring (bicyclic) bond motifs is 1. The van der Waals surface area contributed by atoms with Crippen molar-refractivity contribution in [3.63, 3.8) is 0 Å². The van der Waals surface area contributed by atoms with Gasteiger partial charge in [0.15, 0.2) is 5.65 Å². The fourth-order valence-corrected chi connectivity index (χ4v) is 2.83. The lowest BCUT2D eigenvalue weighted by Gasteiger charge is -2.18. The van der Waals surface area contributed by atoms with Gasteiger partial charge in [0.1, 0.15) is 17.1 Å². The van der Waals surface area contributed by atoms with Crippen LogP contribution in [0.25, 0.3) is 5.65 Å². The maximum atomic E-state index is 13.4. The van der Waals surface area contributed by atoms with Gasteiger partial charge in [-0.1, -0.05) is 6.07 Å². The van der Waals surface area contributed by atoms with Gasteiger partial charge in [0.2, 0.25) is 0 Å². The number of benzene rings is 1. The average molecular weight is 354 g/mol. The van der Waals surface area contributed by atoms with Gasteiger partial charge in [0, 0.05) is 30.2 Å². The number of carbonyl (C=O) groups excluding carboxylic acids is 1. The van der Waals surface area contributed by atoms with E-state index in [0.717, 1.165) is 0 Å². The van der Waals surface area contributed by atoms with Gasteiger partial charge in [-0.3, -0.25) is 4.79 Å². The van der Waals surface area contributed by atoms with E-state index >= 15 is 0 Å². The molecule has 1 aliphatic heterocycles. The second-order valence-electron chi connectivity index (χ2n) is 5.61. The summed E-state index contributed by atoms with van der Waals surface area (Å²) in [6.07, 6.45) is 6.40. The number of halogens is 1. The summed E-state index contributed by atoms with van der Waals surface area (Å²) in [6.45, 7) is 0. The van der Waals surface area contributed by atoms with E-state index in [9.17, 15) is 9.18 Å². The summed E-state index contributed by atoms with van der Waals surface area (Å²) in [7, 11) is 1.47. The maximum absolute atomic E-state index is 13.4. The zero-order valence-corrected chi connectivity index (χ0v) is 13.7. The highest BCUT2D eigenvalue weighted by molar-refractivity contribution is 6.00. The fourth-order valence-electron chi connectivity index (χ4n) is 2.83. The number of nitrogens with zero attached hydrogens (tertiary/aromatic N) is 3. The van der Waals surface area contributed by atoms with Gasteiger partial charge in [-0.15, -0.1) is 0 Å². The molecule has 1 aromatic carbocycles. The monoisotopic (exact) mass is 354 g/mol. The van der Waals surface area contributed by atoms with Crippen molar-refractivity contribution in [3.8, 4) is 5.75 Å². The van der Waals surface area contributed by atoms with Gasteiger partial charge in [-0.25, -0.2) is 19.3 Å². The van der Waals surface area contributed by atoms with E-state index in [4.69, 9.17) is 4.74 Å². The minimum Gasteiger partial charge on any atom is -0.496 e. The van der Waals surface area contributed by atoms with Crippen LogP contribution in [0, 0.1) is 5.82 Å². The molecule has 0 saturated carbocycles. The minimum absolute atomic E-state index is 0.346. The van der Waals surface area contributed by atoms with Gasteiger partial charge in [-0.05, 0) is 12.1 Å². The summed E-state index contributed by atoms with van der Waals surface area (Å²) in [4.78, 5) is 16.8. The number of hydrogen-bond donors (Lipinski definition) is 3. The molecule has 9 heteroatoms. The Morgan fingerprint density at radius 3 is 3.15 bits per heavy atom. The van der Waals surface area contributed by atoms with Gasteiger partial charge in [0.25, 0.3) is 5.91 Å². The van der Waals surface area contributed by atoms with Crippen LogP contribution < -0.4 is 20.9 Å². The summed E-state index contributed by atoms with van der Waals surface area (Å²) in [6, 6.07) is 5.56. The van der Waals surface area contributed by atoms with Crippen LogP contribution in [0.3, 0.4) is 0 Å². The van der Waals surface area contributed by atoms with E-state index in [1.807, 2.05) is 0 Å². The molecule has 0 radical (unpaired) electrons. The molecule has 2 aromatic heterocycles. The first kappa shape index (κ1) is 16.0. The van der Waals surface area contributed by atoms with Crippen molar-refractivity contribution in [1.82, 2.24) is 30.8 Å². The predicted octanol–water partition coefficient (Wildman–Crippen LogP) is 1.30. The van der Waals surface area contributed by atoms with Crippen molar-refractivity contribution in [2.75, 3.05) is 7.11 Å². The van der Waals surface area contributed by atoms with Crippen molar-refractivity contribution >= 4 is 11.6 Å². The molecule has 132 valence electrons. The number of rotatable bonds is 4. The highest BCUT2D eigenvalue weighted by atomic mass is 19.1. The molecule has 4 rings (SSSR count). The van der Waals surface area contributed by atoms with Crippen LogP contribution in [0.2, 0.25) is 0 Å². The third kappa shape index (κ3) is 2.74. The normalized spacial score (nSPS) is 16.2. The molecule has 3 heterocycles. The van der Waals surface area contributed by atoms with E-state index < -0.39 is 11.9 Å². The van der Waals surface area contributed by atoms with Crippen molar-refractivity contribution in [3.05, 3.63) is 71.7 Å². The van der Waals surface area contributed by atoms with Gasteiger partial charge >= 0.3 is 0 Å². The molecular weight excluding hydrogens is 339 g/mol. The lowest BCUT2D eigenvalue weighted by Crippen LogP contribution is -2.31. The lowest BCUT2D eigenvalue weighted by atomic mass is 10.0. The lowest BCUT2D eigenvalue weighted by molar-refractivity contribution is 0.0965. The Morgan fingerprint density at radius 2 is 2.31 bits per heavy atom. The molecule has 1 unspecified atom stereocenters. The zero-order chi connectivity index (χ0) is 18.1. The molecule has 1 aliphatic rings. The number of ether oxygens (including phenoxy) is 1. The van der Waals surface area contributed by atoms with Crippen LogP contribution >= 0.6 is 0 Å². The smallest absolute Gasteiger partial charge is 0.261 e. The minimum atomic E-state index is -0.413. The third-order valence-corrected chi connectivity index (χ3v) is 4.05. The van der Waals surface area contributed by atoms with Crippen molar-refractivity contribution in [2.45, 2.75) is 6.04 Å². The fraction of sp³-hybridized carbons (Fsp3) is 0.118. The summed E-state index contributed by atoms with van der Waals surface area (Å²) < 4.78 is 20.2. The van der Waals surface area contributed by atoms with E-state index in [1.54, 1.807) is 30.7 Å². The highest BCUT2D eigenvalue weighted by Gasteiger charge is 2.27. The first-order chi connectivity index (χ1) is 12.7. The van der Waals surface area contributed by atoms with Crippen molar-refractivity contribution in [2.24, 2.45) is 0 Å². The topological polar surface area (TPSA) is 92.6 Å². The Bertz CT molecular complexity index is 1020. The first-order valence-electron chi connectivity index (χ1n) is 7.81. The summed E-state index contributed by atoms with van der Waals surface area (Å²) >= 11 is 0. The molecule has 26 heavy (non-hydrogen) atoms. The number of methoxy groups -OCH3 is 1. The molecule has 0 fully saturated rings. The Hall–Kier alpha value is -3.46. The molecule has 1 atom stereocenters. The number of carbonyl (C=O) groups is 1. The molecule has 1 amide bonds. The van der Waals surface area contributed by atoms with Gasteiger partial charge in [-0.2, -0.15) is 5.10 Å². The Labute approximate surface area is 147 Å². The predicted molar refractivity (Wildman–Crippen MR) is 90.5 cm³/mol.